The Morgan fingerprint density at radius 3 is 2.71 bits per heavy atom. The number of hydrogen-bond donors (Lipinski definition) is 2. The van der Waals surface area contributed by atoms with Gasteiger partial charge in [0.05, 0.1) is 11.4 Å². The molecule has 6 nitrogen and oxygen atoms in total. The number of nitrogen functional groups attached to an aromatic ring is 1. The number of benzene rings is 1. The average molecular weight is 290 g/mol. The maximum Gasteiger partial charge on any atom is 0.324 e. The van der Waals surface area contributed by atoms with Gasteiger partial charge < -0.3 is 16.0 Å². The molecule has 1 fully saturated rings. The monoisotopic (exact) mass is 290 g/mol. The number of nitrogens with one attached hydrogen (secondary N) is 1. The number of hydrogen-bond acceptors (Lipinski definition) is 3. The number of rotatable bonds is 5. The molecule has 1 aromatic rings. The molecule has 0 unspecified atom stereocenters. The molecule has 21 heavy (non-hydrogen) atoms. The lowest BCUT2D eigenvalue weighted by Gasteiger charge is -2.20. The van der Waals surface area contributed by atoms with Gasteiger partial charge in [0.15, 0.2) is 0 Å². The maximum absolute atomic E-state index is 12.4. The summed E-state index contributed by atoms with van der Waals surface area (Å²) >= 11 is 0. The third kappa shape index (κ3) is 3.65. The number of nitrogens with zero attached hydrogens (tertiary/aromatic N) is 2. The Labute approximate surface area is 124 Å². The topological polar surface area (TPSA) is 78.7 Å². The van der Waals surface area contributed by atoms with Crippen LogP contribution in [-0.2, 0) is 4.79 Å². The minimum absolute atomic E-state index is 0.0320. The highest BCUT2D eigenvalue weighted by atomic mass is 16.2. The van der Waals surface area contributed by atoms with Crippen LogP contribution in [0.15, 0.2) is 24.3 Å². The van der Waals surface area contributed by atoms with Gasteiger partial charge in [-0.05, 0) is 26.0 Å². The van der Waals surface area contributed by atoms with Crippen molar-refractivity contribution in [3.8, 4) is 0 Å². The van der Waals surface area contributed by atoms with Crippen molar-refractivity contribution in [1.82, 2.24) is 10.2 Å². The molecule has 0 bridgehead atoms. The molecule has 1 aromatic carbocycles. The van der Waals surface area contributed by atoms with E-state index in [-0.39, 0.29) is 18.0 Å². The SMILES string of the molecule is CC(C)NC(=O)CCN1CCN(c2ccccc2N)C1=O. The van der Waals surface area contributed by atoms with Gasteiger partial charge in [0, 0.05) is 32.1 Å². The van der Waals surface area contributed by atoms with Crippen molar-refractivity contribution in [3.63, 3.8) is 0 Å². The second-order valence-corrected chi connectivity index (χ2v) is 5.45. The lowest BCUT2D eigenvalue weighted by Crippen LogP contribution is -2.36. The zero-order chi connectivity index (χ0) is 15.4. The van der Waals surface area contributed by atoms with Crippen molar-refractivity contribution in [2.24, 2.45) is 0 Å². The van der Waals surface area contributed by atoms with Crippen molar-refractivity contribution in [2.45, 2.75) is 26.3 Å². The predicted octanol–water partition coefficient (Wildman–Crippen LogP) is 1.43. The first kappa shape index (κ1) is 15.2. The van der Waals surface area contributed by atoms with Crippen LogP contribution in [0.3, 0.4) is 0 Å². The smallest absolute Gasteiger partial charge is 0.324 e. The molecule has 1 aliphatic heterocycles. The summed E-state index contributed by atoms with van der Waals surface area (Å²) in [5.41, 5.74) is 7.23. The average Bonchev–Trinajstić information content (AvgIpc) is 2.77. The first-order valence-electron chi connectivity index (χ1n) is 7.19. The molecule has 0 radical (unpaired) electrons. The summed E-state index contributed by atoms with van der Waals surface area (Å²) in [5.74, 6) is -0.0320. The summed E-state index contributed by atoms with van der Waals surface area (Å²) in [6.45, 7) is 5.47. The summed E-state index contributed by atoms with van der Waals surface area (Å²) in [6.07, 6.45) is 0.321. The van der Waals surface area contributed by atoms with Gasteiger partial charge in [-0.15, -0.1) is 0 Å². The van der Waals surface area contributed by atoms with E-state index in [9.17, 15) is 9.59 Å². The fourth-order valence-corrected chi connectivity index (χ4v) is 2.38. The number of nitrogens with two attached hydrogens (primary N) is 1. The third-order valence-corrected chi connectivity index (χ3v) is 3.38. The molecule has 0 aliphatic carbocycles. The van der Waals surface area contributed by atoms with E-state index in [2.05, 4.69) is 5.32 Å². The molecule has 0 spiro atoms. The highest BCUT2D eigenvalue weighted by Gasteiger charge is 2.30. The van der Waals surface area contributed by atoms with Crippen LogP contribution >= 0.6 is 0 Å². The summed E-state index contributed by atoms with van der Waals surface area (Å²) in [7, 11) is 0. The molecule has 3 amide bonds. The number of urea groups is 1. The van der Waals surface area contributed by atoms with E-state index in [1.165, 1.54) is 0 Å². The second kappa shape index (κ2) is 6.47. The van der Waals surface area contributed by atoms with Crippen LogP contribution in [0.5, 0.6) is 0 Å². The Morgan fingerprint density at radius 2 is 2.05 bits per heavy atom. The van der Waals surface area contributed by atoms with Gasteiger partial charge in [-0.25, -0.2) is 4.79 Å². The molecule has 0 saturated carbocycles. The summed E-state index contributed by atoms with van der Waals surface area (Å²) in [6, 6.07) is 7.34. The van der Waals surface area contributed by atoms with Crippen LogP contribution in [-0.4, -0.2) is 42.5 Å². The fraction of sp³-hybridized carbons (Fsp3) is 0.467. The van der Waals surface area contributed by atoms with Crippen molar-refractivity contribution in [3.05, 3.63) is 24.3 Å². The number of carbonyl (C=O) groups is 2. The van der Waals surface area contributed by atoms with Crippen molar-refractivity contribution in [2.75, 3.05) is 30.3 Å². The van der Waals surface area contributed by atoms with Gasteiger partial charge >= 0.3 is 6.03 Å². The van der Waals surface area contributed by atoms with Crippen LogP contribution in [0.1, 0.15) is 20.3 Å². The highest BCUT2D eigenvalue weighted by Crippen LogP contribution is 2.26. The van der Waals surface area contributed by atoms with Gasteiger partial charge in [0.1, 0.15) is 0 Å². The molecule has 1 heterocycles. The van der Waals surface area contributed by atoms with E-state index in [0.29, 0.717) is 31.7 Å². The zero-order valence-corrected chi connectivity index (χ0v) is 12.5. The lowest BCUT2D eigenvalue weighted by molar-refractivity contribution is -0.121. The number of para-hydroxylation sites is 2. The Hall–Kier alpha value is -2.24. The van der Waals surface area contributed by atoms with Crippen LogP contribution < -0.4 is 16.0 Å². The largest absolute Gasteiger partial charge is 0.397 e. The van der Waals surface area contributed by atoms with Crippen molar-refractivity contribution < 1.29 is 9.59 Å². The van der Waals surface area contributed by atoms with Gasteiger partial charge in [0.2, 0.25) is 5.91 Å². The van der Waals surface area contributed by atoms with Crippen LogP contribution in [0, 0.1) is 0 Å². The van der Waals surface area contributed by atoms with E-state index in [1.807, 2.05) is 32.0 Å². The normalized spacial score (nSPS) is 14.9. The highest BCUT2D eigenvalue weighted by molar-refractivity contribution is 5.97. The molecule has 114 valence electrons. The Bertz CT molecular complexity index is 530. The molecule has 0 atom stereocenters. The van der Waals surface area contributed by atoms with Gasteiger partial charge in [-0.3, -0.25) is 9.69 Å². The van der Waals surface area contributed by atoms with Crippen molar-refractivity contribution >= 4 is 23.3 Å². The first-order chi connectivity index (χ1) is 9.99. The molecule has 0 aromatic heterocycles. The minimum atomic E-state index is -0.0924. The van der Waals surface area contributed by atoms with Crippen LogP contribution in [0.4, 0.5) is 16.2 Å². The molecule has 2 rings (SSSR count). The maximum atomic E-state index is 12.4. The van der Waals surface area contributed by atoms with Crippen LogP contribution in [0.2, 0.25) is 0 Å². The lowest BCUT2D eigenvalue weighted by atomic mass is 10.2. The Kier molecular flexibility index (Phi) is 4.67. The quantitative estimate of drug-likeness (QED) is 0.805. The van der Waals surface area contributed by atoms with E-state index >= 15 is 0 Å². The van der Waals surface area contributed by atoms with Crippen LogP contribution in [0.25, 0.3) is 0 Å². The van der Waals surface area contributed by atoms with Gasteiger partial charge in [-0.1, -0.05) is 12.1 Å². The van der Waals surface area contributed by atoms with Crippen molar-refractivity contribution in [1.29, 1.82) is 0 Å². The van der Waals surface area contributed by atoms with E-state index < -0.39 is 0 Å². The fourth-order valence-electron chi connectivity index (χ4n) is 2.38. The second-order valence-electron chi connectivity index (χ2n) is 5.45. The minimum Gasteiger partial charge on any atom is -0.397 e. The predicted molar refractivity (Wildman–Crippen MR) is 83.1 cm³/mol. The van der Waals surface area contributed by atoms with Gasteiger partial charge in [-0.2, -0.15) is 0 Å². The number of amides is 3. The van der Waals surface area contributed by atoms with Gasteiger partial charge in [0.25, 0.3) is 0 Å². The molecule has 6 heteroatoms. The van der Waals surface area contributed by atoms with E-state index in [1.54, 1.807) is 15.9 Å². The molecule has 1 aliphatic rings. The summed E-state index contributed by atoms with van der Waals surface area (Å²) in [4.78, 5) is 27.3. The summed E-state index contributed by atoms with van der Waals surface area (Å²) in [5, 5.41) is 2.82. The molecule has 3 N–H and O–H groups in total. The zero-order valence-electron chi connectivity index (χ0n) is 12.5. The summed E-state index contributed by atoms with van der Waals surface area (Å²) < 4.78 is 0. The third-order valence-electron chi connectivity index (χ3n) is 3.38. The Morgan fingerprint density at radius 1 is 1.33 bits per heavy atom. The molecular weight excluding hydrogens is 268 g/mol. The number of anilines is 2. The molecular formula is C15H22N4O2. The molecule has 1 saturated heterocycles. The first-order valence-corrected chi connectivity index (χ1v) is 7.19. The van der Waals surface area contributed by atoms with E-state index in [0.717, 1.165) is 5.69 Å². The Balaban J connectivity index is 1.93. The number of carbonyl (C=O) groups excluding carboxylic acids is 2. The standard InChI is InChI=1S/C15H22N4O2/c1-11(2)17-14(20)7-8-18-9-10-19(15(18)21)13-6-4-3-5-12(13)16/h3-6,11H,7-10,16H2,1-2H3,(H,17,20). The van der Waals surface area contributed by atoms with E-state index in [4.69, 9.17) is 5.73 Å².